The fourth-order valence-electron chi connectivity index (χ4n) is 5.68. The van der Waals surface area contributed by atoms with Crippen LogP contribution in [-0.2, 0) is 27.2 Å². The van der Waals surface area contributed by atoms with Crippen molar-refractivity contribution in [2.75, 3.05) is 32.7 Å². The van der Waals surface area contributed by atoms with Crippen molar-refractivity contribution in [3.8, 4) is 0 Å². The van der Waals surface area contributed by atoms with Gasteiger partial charge in [0, 0.05) is 26.2 Å². The van der Waals surface area contributed by atoms with E-state index >= 15 is 0 Å². The Labute approximate surface area is 198 Å². The summed E-state index contributed by atoms with van der Waals surface area (Å²) in [6.45, 7) is 6.33. The quantitative estimate of drug-likeness (QED) is 0.575. The lowest BCUT2D eigenvalue weighted by atomic mass is 9.83. The molecule has 4 nitrogen and oxygen atoms in total. The third kappa shape index (κ3) is 4.13. The number of fused-ring (bicyclic) bond motifs is 2. The average molecular weight is 473 g/mol. The molecule has 1 aliphatic carbocycles. The van der Waals surface area contributed by atoms with Crippen LogP contribution in [-0.4, -0.2) is 48.4 Å². The third-order valence-electron chi connectivity index (χ3n) is 7.93. The first kappa shape index (κ1) is 23.4. The summed E-state index contributed by atoms with van der Waals surface area (Å²) in [4.78, 5) is 17.5. The highest BCUT2D eigenvalue weighted by atomic mass is 19.2. The second-order valence-electron chi connectivity index (χ2n) is 9.88. The van der Waals surface area contributed by atoms with Crippen LogP contribution in [0.25, 0.3) is 0 Å². The van der Waals surface area contributed by atoms with Crippen LogP contribution in [0.2, 0.25) is 0 Å². The average Bonchev–Trinajstić information content (AvgIpc) is 3.59. The molecule has 2 heterocycles. The molecule has 1 spiro atoms. The van der Waals surface area contributed by atoms with Gasteiger partial charge >= 0.3 is 0 Å². The Kier molecular flexibility index (Phi) is 6.19. The fourth-order valence-corrected chi connectivity index (χ4v) is 5.68. The van der Waals surface area contributed by atoms with E-state index in [9.17, 15) is 18.0 Å². The van der Waals surface area contributed by atoms with Crippen molar-refractivity contribution in [1.82, 2.24) is 9.80 Å². The van der Waals surface area contributed by atoms with Crippen LogP contribution in [0.1, 0.15) is 55.7 Å². The fraction of sp³-hybridized carbons (Fsp3) is 0.519. The molecule has 0 aromatic heterocycles. The van der Waals surface area contributed by atoms with E-state index in [2.05, 4.69) is 4.90 Å². The first-order valence-corrected chi connectivity index (χ1v) is 12.3. The van der Waals surface area contributed by atoms with Crippen LogP contribution < -0.4 is 0 Å². The van der Waals surface area contributed by atoms with Crippen molar-refractivity contribution in [3.05, 3.63) is 70.5 Å². The van der Waals surface area contributed by atoms with Crippen LogP contribution in [0.5, 0.6) is 0 Å². The van der Waals surface area contributed by atoms with Crippen LogP contribution in [0.15, 0.2) is 36.4 Å². The van der Waals surface area contributed by atoms with E-state index in [1.807, 2.05) is 17.9 Å². The molecule has 2 aromatic rings. The Morgan fingerprint density at radius 3 is 2.47 bits per heavy atom. The van der Waals surface area contributed by atoms with E-state index in [4.69, 9.17) is 4.74 Å². The van der Waals surface area contributed by atoms with Gasteiger partial charge in [-0.1, -0.05) is 12.1 Å². The van der Waals surface area contributed by atoms with Gasteiger partial charge in [-0.25, -0.2) is 13.2 Å². The lowest BCUT2D eigenvalue weighted by molar-refractivity contribution is -0.134. The van der Waals surface area contributed by atoms with Crippen molar-refractivity contribution in [3.63, 3.8) is 0 Å². The minimum atomic E-state index is -0.904. The summed E-state index contributed by atoms with van der Waals surface area (Å²) < 4.78 is 47.1. The van der Waals surface area contributed by atoms with Gasteiger partial charge in [-0.05, 0) is 86.5 Å². The molecular weight excluding hydrogens is 441 g/mol. The van der Waals surface area contributed by atoms with Gasteiger partial charge < -0.3 is 14.5 Å². The van der Waals surface area contributed by atoms with Gasteiger partial charge in [0.15, 0.2) is 11.6 Å². The zero-order valence-electron chi connectivity index (χ0n) is 19.6. The molecule has 1 amide bonds. The van der Waals surface area contributed by atoms with Crippen molar-refractivity contribution in [2.45, 2.75) is 56.7 Å². The Morgan fingerprint density at radius 2 is 1.79 bits per heavy atom. The van der Waals surface area contributed by atoms with Crippen LogP contribution in [0.3, 0.4) is 0 Å². The summed E-state index contributed by atoms with van der Waals surface area (Å²) in [5, 5.41) is 0. The Balaban J connectivity index is 1.15. The van der Waals surface area contributed by atoms with E-state index in [0.29, 0.717) is 38.1 Å². The first-order valence-electron chi connectivity index (χ1n) is 12.3. The molecule has 3 aliphatic rings. The SMILES string of the molecule is CCN(CCCN1CCC2(CC1)OCc1ccc(F)cc12)C(=O)C1(c2ccc(F)c(F)c2)CC1. The second-order valence-corrected chi connectivity index (χ2v) is 9.88. The van der Waals surface area contributed by atoms with Crippen molar-refractivity contribution in [2.24, 2.45) is 0 Å². The Bertz CT molecular complexity index is 1080. The standard InChI is InChI=1S/C27H31F3N2O2/c1-2-32(25(33)26(8-9-26)20-5-7-23(29)24(30)16-20)13-3-12-31-14-10-27(11-15-31)22-17-21(28)6-4-19(22)18-34-27/h4-7,16-17H,2-3,8-15,18H2,1H3. The molecule has 0 bridgehead atoms. The maximum atomic E-state index is 13.8. The number of piperidine rings is 1. The maximum absolute atomic E-state index is 13.8. The lowest BCUT2D eigenvalue weighted by Gasteiger charge is -2.39. The number of likely N-dealkylation sites (N-methyl/N-ethyl adjacent to an activating group) is 1. The number of benzene rings is 2. The van der Waals surface area contributed by atoms with Crippen LogP contribution >= 0.6 is 0 Å². The normalized spacial score (nSPS) is 20.4. The number of hydrogen-bond donors (Lipinski definition) is 0. The summed E-state index contributed by atoms with van der Waals surface area (Å²) >= 11 is 0. The highest BCUT2D eigenvalue weighted by Gasteiger charge is 2.53. The Morgan fingerprint density at radius 1 is 1.03 bits per heavy atom. The molecule has 2 aliphatic heterocycles. The van der Waals surface area contributed by atoms with Crippen LogP contribution in [0, 0.1) is 17.5 Å². The summed E-state index contributed by atoms with van der Waals surface area (Å²) in [5.41, 5.74) is 1.58. The first-order chi connectivity index (χ1) is 16.4. The molecule has 1 saturated heterocycles. The zero-order chi connectivity index (χ0) is 23.9. The molecule has 7 heteroatoms. The molecule has 5 rings (SSSR count). The number of carbonyl (C=O) groups is 1. The minimum absolute atomic E-state index is 0.0107. The van der Waals surface area contributed by atoms with Gasteiger partial charge in [-0.15, -0.1) is 0 Å². The molecule has 0 radical (unpaired) electrons. The summed E-state index contributed by atoms with van der Waals surface area (Å²) in [5.74, 6) is -2.00. The van der Waals surface area contributed by atoms with Gasteiger partial charge in [-0.3, -0.25) is 4.79 Å². The van der Waals surface area contributed by atoms with Crippen molar-refractivity contribution >= 4 is 5.91 Å². The van der Waals surface area contributed by atoms with E-state index in [1.54, 1.807) is 6.07 Å². The molecule has 1 saturated carbocycles. The monoisotopic (exact) mass is 472 g/mol. The molecule has 34 heavy (non-hydrogen) atoms. The maximum Gasteiger partial charge on any atom is 0.233 e. The number of carbonyl (C=O) groups excluding carboxylic acids is 1. The molecule has 2 fully saturated rings. The number of likely N-dealkylation sites (tertiary alicyclic amines) is 1. The Hall–Kier alpha value is -2.38. The highest BCUT2D eigenvalue weighted by Crippen LogP contribution is 2.50. The molecule has 0 atom stereocenters. The van der Waals surface area contributed by atoms with Gasteiger partial charge in [-0.2, -0.15) is 0 Å². The number of halogens is 3. The third-order valence-corrected chi connectivity index (χ3v) is 7.93. The van der Waals surface area contributed by atoms with Crippen molar-refractivity contribution < 1.29 is 22.7 Å². The molecule has 2 aromatic carbocycles. The smallest absolute Gasteiger partial charge is 0.233 e. The highest BCUT2D eigenvalue weighted by molar-refractivity contribution is 5.91. The lowest BCUT2D eigenvalue weighted by Crippen LogP contribution is -2.44. The predicted octanol–water partition coefficient (Wildman–Crippen LogP) is 4.90. The van der Waals surface area contributed by atoms with Gasteiger partial charge in [0.25, 0.3) is 0 Å². The number of amides is 1. The number of hydrogen-bond acceptors (Lipinski definition) is 3. The molecule has 0 unspecified atom stereocenters. The van der Waals surface area contributed by atoms with E-state index in [-0.39, 0.29) is 17.3 Å². The largest absolute Gasteiger partial charge is 0.365 e. The summed E-state index contributed by atoms with van der Waals surface area (Å²) in [6.07, 6.45) is 3.85. The molecule has 0 N–H and O–H groups in total. The van der Waals surface area contributed by atoms with Gasteiger partial charge in [0.2, 0.25) is 5.91 Å². The molecular formula is C27H31F3N2O2. The summed E-state index contributed by atoms with van der Waals surface area (Å²) in [7, 11) is 0. The number of rotatable bonds is 7. The van der Waals surface area contributed by atoms with E-state index in [1.165, 1.54) is 18.2 Å². The van der Waals surface area contributed by atoms with Gasteiger partial charge in [0.05, 0.1) is 17.6 Å². The van der Waals surface area contributed by atoms with Gasteiger partial charge in [0.1, 0.15) is 5.82 Å². The van der Waals surface area contributed by atoms with E-state index in [0.717, 1.165) is 56.1 Å². The predicted molar refractivity (Wildman–Crippen MR) is 123 cm³/mol. The van der Waals surface area contributed by atoms with Crippen LogP contribution in [0.4, 0.5) is 13.2 Å². The van der Waals surface area contributed by atoms with Crippen molar-refractivity contribution in [1.29, 1.82) is 0 Å². The summed E-state index contributed by atoms with van der Waals surface area (Å²) in [6, 6.07) is 8.77. The van der Waals surface area contributed by atoms with E-state index < -0.39 is 17.0 Å². The number of nitrogens with zero attached hydrogens (tertiary/aromatic N) is 2. The molecule has 182 valence electrons. The topological polar surface area (TPSA) is 32.8 Å². The second kappa shape index (κ2) is 9.00. The minimum Gasteiger partial charge on any atom is -0.365 e. The zero-order valence-corrected chi connectivity index (χ0v) is 19.6. The number of ether oxygens (including phenoxy) is 1.